The average Bonchev–Trinajstić information content (AvgIpc) is 3.80. The van der Waals surface area contributed by atoms with Crippen LogP contribution in [0.2, 0.25) is 0 Å². The lowest BCUT2D eigenvalue weighted by atomic mass is 10.1. The number of anilines is 1. The van der Waals surface area contributed by atoms with Crippen LogP contribution in [0.5, 0.6) is 0 Å². The van der Waals surface area contributed by atoms with Crippen molar-refractivity contribution in [3.05, 3.63) is 77.3 Å². The monoisotopic (exact) mass is 729 g/mol. The van der Waals surface area contributed by atoms with Gasteiger partial charge in [-0.2, -0.15) is 0 Å². The third kappa shape index (κ3) is 24.0. The number of Topliss-reactive ketones (excluding diaryl/α,β-unsaturated/α-hetero) is 2. The molecule has 52 heavy (non-hydrogen) atoms. The van der Waals surface area contributed by atoms with Gasteiger partial charge in [0, 0.05) is 30.1 Å². The van der Waals surface area contributed by atoms with Gasteiger partial charge in [0.1, 0.15) is 0 Å². The number of ether oxygens (including phenoxy) is 3. The van der Waals surface area contributed by atoms with Gasteiger partial charge in [0.05, 0.1) is 58.1 Å². The number of ketones is 2. The van der Waals surface area contributed by atoms with Crippen molar-refractivity contribution in [2.75, 3.05) is 51.5 Å². The molecule has 4 N–H and O–H groups in total. The van der Waals surface area contributed by atoms with Gasteiger partial charge < -0.3 is 30.2 Å². The average molecular weight is 729 g/mol. The van der Waals surface area contributed by atoms with Crippen LogP contribution in [0.4, 0.5) is 5.69 Å². The zero-order chi connectivity index (χ0) is 40.5. The Morgan fingerprint density at radius 1 is 0.827 bits per heavy atom. The lowest BCUT2D eigenvalue weighted by Crippen LogP contribution is -2.14. The van der Waals surface area contributed by atoms with Crippen molar-refractivity contribution in [3.8, 4) is 0 Å². The van der Waals surface area contributed by atoms with E-state index in [0.29, 0.717) is 64.1 Å². The Bertz CT molecular complexity index is 1470. The Labute approximate surface area is 313 Å². The molecule has 0 saturated carbocycles. The van der Waals surface area contributed by atoms with Crippen LogP contribution in [0.1, 0.15) is 111 Å². The van der Waals surface area contributed by atoms with Gasteiger partial charge in [-0.05, 0) is 69.2 Å². The molecule has 0 bridgehead atoms. The van der Waals surface area contributed by atoms with Gasteiger partial charge in [0.2, 0.25) is 0 Å². The summed E-state index contributed by atoms with van der Waals surface area (Å²) in [6, 6.07) is 7.11. The normalized spacial score (nSPS) is 9.85. The molecule has 0 unspecified atom stereocenters. The fourth-order valence-corrected chi connectivity index (χ4v) is 3.68. The van der Waals surface area contributed by atoms with E-state index in [9.17, 15) is 14.4 Å². The number of nitrogens with zero attached hydrogens (tertiary/aromatic N) is 3. The molecule has 294 valence electrons. The first-order valence-corrected chi connectivity index (χ1v) is 18.3. The van der Waals surface area contributed by atoms with Crippen molar-refractivity contribution in [1.82, 2.24) is 20.0 Å². The summed E-state index contributed by atoms with van der Waals surface area (Å²) in [5, 5.41) is 11.5. The van der Waals surface area contributed by atoms with E-state index >= 15 is 0 Å². The predicted molar refractivity (Wildman–Crippen MR) is 216 cm³/mol. The van der Waals surface area contributed by atoms with Gasteiger partial charge >= 0.3 is 0 Å². The number of benzene rings is 1. The number of amides is 1. The van der Waals surface area contributed by atoms with Crippen molar-refractivity contribution < 1.29 is 28.6 Å². The van der Waals surface area contributed by atoms with Crippen LogP contribution >= 0.6 is 0 Å². The minimum absolute atomic E-state index is 0.0483. The van der Waals surface area contributed by atoms with Gasteiger partial charge in [-0.3, -0.25) is 14.4 Å². The summed E-state index contributed by atoms with van der Waals surface area (Å²) < 4.78 is 17.6. The van der Waals surface area contributed by atoms with Gasteiger partial charge in [-0.15, -0.1) is 5.10 Å². The minimum Gasteiger partial charge on any atom is -0.378 e. The van der Waals surface area contributed by atoms with Crippen LogP contribution in [-0.4, -0.2) is 83.6 Å². The molecule has 0 aliphatic heterocycles. The number of fused-ring (bicyclic) bond motifs is 1. The van der Waals surface area contributed by atoms with Crippen LogP contribution < -0.4 is 11.1 Å². The number of hydrogen-bond donors (Lipinski definition) is 3. The molecule has 1 amide bonds. The molecule has 0 saturated heterocycles. The molecular formula is C40H68N6O6. The van der Waals surface area contributed by atoms with Crippen molar-refractivity contribution in [3.63, 3.8) is 0 Å². The first-order chi connectivity index (χ1) is 25.0. The van der Waals surface area contributed by atoms with E-state index in [-0.39, 0.29) is 23.2 Å². The Morgan fingerprint density at radius 3 is 1.90 bits per heavy atom. The molecule has 0 fully saturated rings. The van der Waals surface area contributed by atoms with Crippen molar-refractivity contribution >= 4 is 34.1 Å². The smallest absolute Gasteiger partial charge is 0.277 e. The summed E-state index contributed by atoms with van der Waals surface area (Å²) >= 11 is 0. The van der Waals surface area contributed by atoms with Crippen molar-refractivity contribution in [1.29, 1.82) is 0 Å². The quantitative estimate of drug-likeness (QED) is 0.0536. The lowest BCUT2D eigenvalue weighted by molar-refractivity contribution is -0.113. The maximum atomic E-state index is 12.5. The van der Waals surface area contributed by atoms with E-state index in [1.807, 2.05) is 81.4 Å². The van der Waals surface area contributed by atoms with Crippen LogP contribution in [0.25, 0.3) is 10.9 Å². The van der Waals surface area contributed by atoms with E-state index in [0.717, 1.165) is 22.0 Å². The van der Waals surface area contributed by atoms with Crippen LogP contribution in [0.3, 0.4) is 0 Å². The molecule has 0 spiro atoms. The van der Waals surface area contributed by atoms with Crippen molar-refractivity contribution in [2.45, 2.75) is 96.6 Å². The second-order valence-corrected chi connectivity index (χ2v) is 10.2. The van der Waals surface area contributed by atoms with E-state index < -0.39 is 0 Å². The molecule has 3 aromatic rings. The molecule has 12 heteroatoms. The summed E-state index contributed by atoms with van der Waals surface area (Å²) in [5.41, 5.74) is 10.3. The van der Waals surface area contributed by atoms with Gasteiger partial charge in [0.25, 0.3) is 5.91 Å². The number of carbonyl (C=O) groups excluding carboxylic acids is 3. The van der Waals surface area contributed by atoms with E-state index in [4.69, 9.17) is 19.9 Å². The highest BCUT2D eigenvalue weighted by molar-refractivity contribution is 6.04. The van der Waals surface area contributed by atoms with E-state index in [1.165, 1.54) is 12.5 Å². The number of nitrogens with two attached hydrogens (primary N) is 1. The zero-order valence-electron chi connectivity index (χ0n) is 34.3. The van der Waals surface area contributed by atoms with E-state index in [1.54, 1.807) is 49.0 Å². The standard InChI is InChI=1S/C21H28N6O5.C11H16O.4C2H6/c1-15(28)19-13-16-12-17(2-3-18(16)24-19)23-21(29)20-14-27(26-25-20)5-7-31-9-11-32-10-8-30-6-4-22;1-8(2)6-9(3)7-10(4)11(5)12;4*1-2/h2-3,12-14,24H,4-11,22H2,1H3,(H,23,29);6-7H,3H2,1-2,4-5H3;4*1-2H3/b;10-7+;;;;. The molecule has 0 aliphatic carbocycles. The Morgan fingerprint density at radius 2 is 1.38 bits per heavy atom. The topological polar surface area (TPSA) is 163 Å². The molecule has 2 heterocycles. The largest absolute Gasteiger partial charge is 0.378 e. The summed E-state index contributed by atoms with van der Waals surface area (Å²) in [4.78, 5) is 37.8. The second kappa shape index (κ2) is 33.9. The highest BCUT2D eigenvalue weighted by Gasteiger charge is 2.12. The highest BCUT2D eigenvalue weighted by Crippen LogP contribution is 2.21. The highest BCUT2D eigenvalue weighted by atomic mass is 16.5. The maximum Gasteiger partial charge on any atom is 0.277 e. The maximum absolute atomic E-state index is 12.5. The molecule has 0 atom stereocenters. The van der Waals surface area contributed by atoms with Gasteiger partial charge in [-0.1, -0.05) is 78.8 Å². The van der Waals surface area contributed by atoms with Gasteiger partial charge in [0.15, 0.2) is 17.3 Å². The molecule has 12 nitrogen and oxygen atoms in total. The first kappa shape index (κ1) is 52.1. The summed E-state index contributed by atoms with van der Waals surface area (Å²) in [6.45, 7) is 32.5. The number of rotatable bonds is 17. The number of carbonyl (C=O) groups is 3. The molecule has 3 rings (SSSR count). The van der Waals surface area contributed by atoms with E-state index in [2.05, 4.69) is 27.2 Å². The lowest BCUT2D eigenvalue weighted by Gasteiger charge is -2.06. The number of hydrogen-bond acceptors (Lipinski definition) is 9. The number of nitrogens with one attached hydrogen (secondary N) is 2. The number of H-pyrrole nitrogens is 1. The molecule has 1 aromatic carbocycles. The Hall–Kier alpha value is -4.23. The fraction of sp³-hybridized carbons (Fsp3) is 0.525. The first-order valence-electron chi connectivity index (χ1n) is 18.3. The van der Waals surface area contributed by atoms with Crippen LogP contribution in [0, 0.1) is 0 Å². The Balaban J connectivity index is -0.00000101. The summed E-state index contributed by atoms with van der Waals surface area (Å²) in [7, 11) is 0. The summed E-state index contributed by atoms with van der Waals surface area (Å²) in [5.74, 6) is -0.324. The minimum atomic E-state index is -0.371. The zero-order valence-corrected chi connectivity index (χ0v) is 34.3. The van der Waals surface area contributed by atoms with Crippen molar-refractivity contribution in [2.24, 2.45) is 5.73 Å². The number of aromatic nitrogens is 4. The molecule has 0 radical (unpaired) electrons. The Kier molecular flexibility index (Phi) is 34.0. The summed E-state index contributed by atoms with van der Waals surface area (Å²) in [6.07, 6.45) is 5.31. The second-order valence-electron chi connectivity index (χ2n) is 10.2. The third-order valence-corrected chi connectivity index (χ3v) is 5.93. The molecule has 0 aliphatic rings. The predicted octanol–water partition coefficient (Wildman–Crippen LogP) is 8.37. The molecule has 2 aromatic heterocycles. The third-order valence-electron chi connectivity index (χ3n) is 5.93. The van der Waals surface area contributed by atoms with Gasteiger partial charge in [-0.25, -0.2) is 4.68 Å². The van der Waals surface area contributed by atoms with Crippen LogP contribution in [-0.2, 0) is 25.5 Å². The number of aromatic amines is 1. The SMILES string of the molecule is C=C(C=C(C)C)/C=C(\C)C(C)=O.CC.CC.CC.CC.CC(=O)c1cc2cc(NC(=O)c3cn(CCOCCOCCOCCN)nn3)ccc2[nH]1. The molecular weight excluding hydrogens is 660 g/mol. The van der Waals surface area contributed by atoms with Crippen LogP contribution in [0.15, 0.2) is 65.9 Å². The number of allylic oxidation sites excluding steroid dienone is 5. The fourth-order valence-electron chi connectivity index (χ4n) is 3.68.